The summed E-state index contributed by atoms with van der Waals surface area (Å²) in [6.07, 6.45) is 3.45. The molecule has 0 fully saturated rings. The van der Waals surface area contributed by atoms with Crippen molar-refractivity contribution in [3.05, 3.63) is 0 Å². The molecule has 0 aliphatic rings. The first-order valence-electron chi connectivity index (χ1n) is 5.54. The Morgan fingerprint density at radius 3 is 2.43 bits per heavy atom. The van der Waals surface area contributed by atoms with Crippen LogP contribution in [0.15, 0.2) is 0 Å². The molecule has 14 heavy (non-hydrogen) atoms. The molecule has 0 spiro atoms. The van der Waals surface area contributed by atoms with E-state index in [-0.39, 0.29) is 11.9 Å². The number of hydrogen-bond acceptors (Lipinski definition) is 2. The summed E-state index contributed by atoms with van der Waals surface area (Å²) in [5.74, 6) is 0.167. The Hall–Kier alpha value is -0.570. The Morgan fingerprint density at radius 2 is 2.00 bits per heavy atom. The highest BCUT2D eigenvalue weighted by Gasteiger charge is 2.16. The van der Waals surface area contributed by atoms with Crippen LogP contribution in [0.25, 0.3) is 0 Å². The van der Waals surface area contributed by atoms with Gasteiger partial charge in [0.05, 0.1) is 0 Å². The number of nitrogens with two attached hydrogens (primary N) is 1. The van der Waals surface area contributed by atoms with Gasteiger partial charge in [0.2, 0.25) is 5.91 Å². The van der Waals surface area contributed by atoms with Gasteiger partial charge in [-0.1, -0.05) is 20.3 Å². The van der Waals surface area contributed by atoms with Crippen molar-refractivity contribution in [2.24, 2.45) is 5.73 Å². The molecule has 0 heterocycles. The molecule has 0 aromatic rings. The maximum Gasteiger partial charge on any atom is 0.224 e. The van der Waals surface area contributed by atoms with E-state index < -0.39 is 0 Å². The van der Waals surface area contributed by atoms with Crippen LogP contribution < -0.4 is 5.73 Å². The molecule has 2 N–H and O–H groups in total. The highest BCUT2D eigenvalue weighted by atomic mass is 16.2. The highest BCUT2D eigenvalue weighted by molar-refractivity contribution is 5.76. The second-order valence-corrected chi connectivity index (χ2v) is 4.01. The second-order valence-electron chi connectivity index (χ2n) is 4.01. The van der Waals surface area contributed by atoms with Crippen LogP contribution in [-0.2, 0) is 4.79 Å². The summed E-state index contributed by atoms with van der Waals surface area (Å²) in [5, 5.41) is 0. The maximum atomic E-state index is 11.7. The van der Waals surface area contributed by atoms with Crippen molar-refractivity contribution < 1.29 is 4.79 Å². The molecular formula is C11H24N2O. The minimum absolute atomic E-state index is 0.0269. The molecule has 1 amide bonds. The fraction of sp³-hybridized carbons (Fsp3) is 0.909. The monoisotopic (exact) mass is 200 g/mol. The largest absolute Gasteiger partial charge is 0.343 e. The SMILES string of the molecule is CCCC(N)CC(=O)N(C)C(C)CC. The third-order valence-electron chi connectivity index (χ3n) is 2.74. The van der Waals surface area contributed by atoms with Crippen LogP contribution in [0.1, 0.15) is 46.5 Å². The minimum Gasteiger partial charge on any atom is -0.343 e. The number of carbonyl (C=O) groups is 1. The summed E-state index contributed by atoms with van der Waals surface area (Å²) in [6.45, 7) is 6.23. The fourth-order valence-electron chi connectivity index (χ4n) is 1.36. The zero-order valence-corrected chi connectivity index (χ0v) is 9.92. The zero-order chi connectivity index (χ0) is 11.1. The van der Waals surface area contributed by atoms with Gasteiger partial charge in [0.25, 0.3) is 0 Å². The molecular weight excluding hydrogens is 176 g/mol. The van der Waals surface area contributed by atoms with Gasteiger partial charge in [0, 0.05) is 25.6 Å². The van der Waals surface area contributed by atoms with Gasteiger partial charge in [-0.3, -0.25) is 4.79 Å². The van der Waals surface area contributed by atoms with Gasteiger partial charge in [-0.25, -0.2) is 0 Å². The molecule has 0 radical (unpaired) electrons. The normalized spacial score (nSPS) is 14.9. The standard InChI is InChI=1S/C11H24N2O/c1-5-7-10(12)8-11(14)13(4)9(3)6-2/h9-10H,5-8,12H2,1-4H3. The second kappa shape index (κ2) is 6.82. The number of hydrogen-bond donors (Lipinski definition) is 1. The van der Waals surface area contributed by atoms with Crippen molar-refractivity contribution in [2.75, 3.05) is 7.05 Å². The third-order valence-corrected chi connectivity index (χ3v) is 2.74. The first-order chi connectivity index (χ1) is 6.52. The van der Waals surface area contributed by atoms with Gasteiger partial charge >= 0.3 is 0 Å². The number of amides is 1. The molecule has 2 atom stereocenters. The Balaban J connectivity index is 3.94. The summed E-state index contributed by atoms with van der Waals surface area (Å²) >= 11 is 0. The van der Waals surface area contributed by atoms with Crippen molar-refractivity contribution in [1.29, 1.82) is 0 Å². The highest BCUT2D eigenvalue weighted by Crippen LogP contribution is 2.06. The lowest BCUT2D eigenvalue weighted by atomic mass is 10.1. The fourth-order valence-corrected chi connectivity index (χ4v) is 1.36. The molecule has 0 saturated heterocycles. The van der Waals surface area contributed by atoms with E-state index in [2.05, 4.69) is 20.8 Å². The summed E-state index contributed by atoms with van der Waals surface area (Å²) < 4.78 is 0. The Labute approximate surface area is 87.6 Å². The van der Waals surface area contributed by atoms with Crippen LogP contribution in [0.2, 0.25) is 0 Å². The van der Waals surface area contributed by atoms with Crippen LogP contribution in [0.3, 0.4) is 0 Å². The summed E-state index contributed by atoms with van der Waals surface area (Å²) in [4.78, 5) is 13.5. The summed E-state index contributed by atoms with van der Waals surface area (Å²) in [6, 6.07) is 0.343. The van der Waals surface area contributed by atoms with Crippen molar-refractivity contribution in [3.8, 4) is 0 Å². The first-order valence-corrected chi connectivity index (χ1v) is 5.54. The van der Waals surface area contributed by atoms with Crippen molar-refractivity contribution in [2.45, 2.75) is 58.5 Å². The van der Waals surface area contributed by atoms with E-state index in [1.165, 1.54) is 0 Å². The van der Waals surface area contributed by atoms with Crippen LogP contribution in [0.4, 0.5) is 0 Å². The lowest BCUT2D eigenvalue weighted by molar-refractivity contribution is -0.132. The predicted octanol–water partition coefficient (Wildman–Crippen LogP) is 1.76. The lowest BCUT2D eigenvalue weighted by Gasteiger charge is -2.25. The maximum absolute atomic E-state index is 11.7. The third kappa shape index (κ3) is 4.61. The minimum atomic E-state index is 0.0269. The first kappa shape index (κ1) is 13.4. The van der Waals surface area contributed by atoms with Crippen LogP contribution in [-0.4, -0.2) is 29.9 Å². The molecule has 0 aliphatic heterocycles. The van der Waals surface area contributed by atoms with E-state index in [4.69, 9.17) is 5.73 Å². The summed E-state index contributed by atoms with van der Waals surface area (Å²) in [7, 11) is 1.86. The van der Waals surface area contributed by atoms with E-state index in [1.54, 1.807) is 4.90 Å². The Morgan fingerprint density at radius 1 is 1.43 bits per heavy atom. The van der Waals surface area contributed by atoms with Crippen molar-refractivity contribution in [3.63, 3.8) is 0 Å². The molecule has 84 valence electrons. The van der Waals surface area contributed by atoms with E-state index in [0.717, 1.165) is 19.3 Å². The van der Waals surface area contributed by atoms with Crippen LogP contribution >= 0.6 is 0 Å². The van der Waals surface area contributed by atoms with Crippen LogP contribution in [0.5, 0.6) is 0 Å². The zero-order valence-electron chi connectivity index (χ0n) is 9.92. The molecule has 0 aromatic carbocycles. The van der Waals surface area contributed by atoms with Gasteiger partial charge in [0.15, 0.2) is 0 Å². The van der Waals surface area contributed by atoms with E-state index in [9.17, 15) is 4.79 Å². The van der Waals surface area contributed by atoms with Crippen LogP contribution in [0, 0.1) is 0 Å². The molecule has 0 aromatic heterocycles. The molecule has 0 bridgehead atoms. The average Bonchev–Trinajstić information content (AvgIpc) is 2.15. The van der Waals surface area contributed by atoms with Gasteiger partial charge < -0.3 is 10.6 Å². The number of nitrogens with zero attached hydrogens (tertiary/aromatic N) is 1. The van der Waals surface area contributed by atoms with Gasteiger partial charge in [-0.15, -0.1) is 0 Å². The van der Waals surface area contributed by atoms with Crippen molar-refractivity contribution >= 4 is 5.91 Å². The van der Waals surface area contributed by atoms with Gasteiger partial charge in [-0.05, 0) is 19.8 Å². The van der Waals surface area contributed by atoms with Crippen molar-refractivity contribution in [1.82, 2.24) is 4.90 Å². The topological polar surface area (TPSA) is 46.3 Å². The molecule has 3 nitrogen and oxygen atoms in total. The lowest BCUT2D eigenvalue weighted by Crippen LogP contribution is -2.38. The average molecular weight is 200 g/mol. The molecule has 3 heteroatoms. The van der Waals surface area contributed by atoms with E-state index >= 15 is 0 Å². The predicted molar refractivity (Wildman–Crippen MR) is 60.0 cm³/mol. The number of carbonyl (C=O) groups excluding carboxylic acids is 1. The molecule has 0 rings (SSSR count). The Kier molecular flexibility index (Phi) is 6.54. The molecule has 0 aliphatic carbocycles. The number of rotatable bonds is 6. The summed E-state index contributed by atoms with van der Waals surface area (Å²) in [5.41, 5.74) is 5.82. The smallest absolute Gasteiger partial charge is 0.224 e. The molecule has 0 saturated carbocycles. The quantitative estimate of drug-likeness (QED) is 0.710. The Bertz CT molecular complexity index is 171. The van der Waals surface area contributed by atoms with Gasteiger partial charge in [0.1, 0.15) is 0 Å². The van der Waals surface area contributed by atoms with E-state index in [0.29, 0.717) is 12.5 Å². The van der Waals surface area contributed by atoms with E-state index in [1.807, 2.05) is 7.05 Å². The van der Waals surface area contributed by atoms with Gasteiger partial charge in [-0.2, -0.15) is 0 Å². The molecule has 2 unspecified atom stereocenters.